The highest BCUT2D eigenvalue weighted by Gasteiger charge is 2.30. The second-order valence-corrected chi connectivity index (χ2v) is 6.58. The van der Waals surface area contributed by atoms with E-state index in [4.69, 9.17) is 4.74 Å². The van der Waals surface area contributed by atoms with Crippen molar-refractivity contribution in [3.05, 3.63) is 42.5 Å². The maximum absolute atomic E-state index is 10.4. The van der Waals surface area contributed by atoms with Crippen LogP contribution in [0.15, 0.2) is 36.9 Å². The predicted octanol–water partition coefficient (Wildman–Crippen LogP) is 2.00. The van der Waals surface area contributed by atoms with Crippen molar-refractivity contribution in [3.63, 3.8) is 0 Å². The normalized spacial score (nSPS) is 24.0. The van der Waals surface area contributed by atoms with Gasteiger partial charge in [0.1, 0.15) is 25.0 Å². The van der Waals surface area contributed by atoms with Crippen molar-refractivity contribution in [1.82, 2.24) is 0 Å². The average Bonchev–Trinajstić information content (AvgIpc) is 2.50. The Kier molecular flexibility index (Phi) is 6.47. The van der Waals surface area contributed by atoms with Crippen LogP contribution < -0.4 is 9.64 Å². The number of hydrogen-bond donors (Lipinski definition) is 2. The third-order valence-corrected chi connectivity index (χ3v) is 4.78. The van der Waals surface area contributed by atoms with Gasteiger partial charge in [-0.15, -0.1) is 6.58 Å². The molecule has 22 heavy (non-hydrogen) atoms. The first-order valence-electron chi connectivity index (χ1n) is 8.47. The van der Waals surface area contributed by atoms with Crippen LogP contribution in [-0.2, 0) is 6.42 Å². The first-order valence-corrected chi connectivity index (χ1v) is 8.47. The van der Waals surface area contributed by atoms with Crippen LogP contribution in [-0.4, -0.2) is 36.4 Å². The summed E-state index contributed by atoms with van der Waals surface area (Å²) in [6, 6.07) is 9.24. The summed E-state index contributed by atoms with van der Waals surface area (Å²) in [6.45, 7) is 9.49. The Bertz CT molecular complexity index is 464. The number of nitrogens with one attached hydrogen (secondary N) is 1. The Morgan fingerprint density at radius 1 is 1.32 bits per heavy atom. The van der Waals surface area contributed by atoms with Gasteiger partial charge in [-0.3, -0.25) is 0 Å². The number of allylic oxidation sites excluding steroid dienone is 1. The fraction of sp³-hybridized carbons (Fsp3) is 0.579. The summed E-state index contributed by atoms with van der Waals surface area (Å²) in [5.41, 5.74) is 1.12. The van der Waals surface area contributed by atoms with Gasteiger partial charge in [0.15, 0.2) is 0 Å². The van der Waals surface area contributed by atoms with Gasteiger partial charge in [-0.25, -0.2) is 0 Å². The lowest BCUT2D eigenvalue weighted by Crippen LogP contribution is -3.20. The second kappa shape index (κ2) is 8.35. The minimum atomic E-state index is -0.421. The second-order valence-electron chi connectivity index (χ2n) is 6.58. The summed E-state index contributed by atoms with van der Waals surface area (Å²) in [4.78, 5) is 1.52. The lowest BCUT2D eigenvalue weighted by Gasteiger charge is -2.36. The molecule has 1 aliphatic rings. The first-order chi connectivity index (χ1) is 10.6. The zero-order chi connectivity index (χ0) is 15.9. The van der Waals surface area contributed by atoms with E-state index in [1.165, 1.54) is 24.2 Å². The summed E-state index contributed by atoms with van der Waals surface area (Å²) in [5.74, 6) is 0.858. The molecule has 3 heteroatoms. The van der Waals surface area contributed by atoms with Crippen molar-refractivity contribution in [3.8, 4) is 5.75 Å². The van der Waals surface area contributed by atoms with Crippen LogP contribution in [0.5, 0.6) is 5.75 Å². The number of quaternary nitrogens is 1. The van der Waals surface area contributed by atoms with Crippen molar-refractivity contribution in [2.45, 2.75) is 57.7 Å². The van der Waals surface area contributed by atoms with E-state index >= 15 is 0 Å². The van der Waals surface area contributed by atoms with Crippen molar-refractivity contribution in [2.24, 2.45) is 0 Å². The number of aliphatic hydroxyl groups is 1. The fourth-order valence-electron chi connectivity index (χ4n) is 3.47. The highest BCUT2D eigenvalue weighted by molar-refractivity contribution is 5.34. The van der Waals surface area contributed by atoms with E-state index in [2.05, 4.69) is 20.4 Å². The van der Waals surface area contributed by atoms with Crippen molar-refractivity contribution < 1.29 is 14.7 Å². The van der Waals surface area contributed by atoms with Crippen molar-refractivity contribution in [1.29, 1.82) is 0 Å². The van der Waals surface area contributed by atoms with Gasteiger partial charge in [-0.2, -0.15) is 0 Å². The Labute approximate surface area is 134 Å². The van der Waals surface area contributed by atoms with E-state index < -0.39 is 6.10 Å². The van der Waals surface area contributed by atoms with Crippen LogP contribution in [0, 0.1) is 0 Å². The molecule has 1 fully saturated rings. The molecule has 0 amide bonds. The zero-order valence-electron chi connectivity index (χ0n) is 13.9. The molecule has 1 aromatic rings. The molecule has 0 aromatic heterocycles. The van der Waals surface area contributed by atoms with E-state index in [-0.39, 0.29) is 0 Å². The van der Waals surface area contributed by atoms with Crippen LogP contribution in [0.25, 0.3) is 0 Å². The molecule has 3 atom stereocenters. The van der Waals surface area contributed by atoms with Crippen LogP contribution in [0.4, 0.5) is 0 Å². The Morgan fingerprint density at radius 3 is 2.68 bits per heavy atom. The van der Waals surface area contributed by atoms with E-state index in [9.17, 15) is 5.11 Å². The number of para-hydroxylation sites is 1. The first kappa shape index (κ1) is 17.0. The lowest BCUT2D eigenvalue weighted by atomic mass is 9.97. The molecular weight excluding hydrogens is 274 g/mol. The summed E-state index contributed by atoms with van der Waals surface area (Å²) in [7, 11) is 0. The molecule has 0 spiro atoms. The topological polar surface area (TPSA) is 33.9 Å². The third-order valence-electron chi connectivity index (χ3n) is 4.78. The monoisotopic (exact) mass is 304 g/mol. The SMILES string of the molecule is C=CCc1ccccc1OC[C@@H](O)C[NH+]1[C@H](C)CCC[C@H]1C. The summed E-state index contributed by atoms with van der Waals surface area (Å²) in [6.07, 6.45) is 6.07. The lowest BCUT2D eigenvalue weighted by molar-refractivity contribution is -0.954. The Balaban J connectivity index is 1.87. The van der Waals surface area contributed by atoms with Gasteiger partial charge in [0.2, 0.25) is 0 Å². The number of hydrogen-bond acceptors (Lipinski definition) is 2. The summed E-state index contributed by atoms with van der Waals surface area (Å²) < 4.78 is 5.85. The molecule has 3 nitrogen and oxygen atoms in total. The number of benzene rings is 1. The minimum absolute atomic E-state index is 0.358. The molecule has 1 saturated heterocycles. The highest BCUT2D eigenvalue weighted by atomic mass is 16.5. The van der Waals surface area contributed by atoms with Gasteiger partial charge in [0.05, 0.1) is 12.1 Å². The maximum atomic E-state index is 10.4. The predicted molar refractivity (Wildman–Crippen MR) is 90.4 cm³/mol. The van der Waals surface area contributed by atoms with E-state index in [1.54, 1.807) is 0 Å². The maximum Gasteiger partial charge on any atom is 0.137 e. The number of piperidine rings is 1. The number of ether oxygens (including phenoxy) is 1. The molecule has 0 aliphatic carbocycles. The summed E-state index contributed by atoms with van der Waals surface area (Å²) in [5, 5.41) is 10.4. The van der Waals surface area contributed by atoms with Gasteiger partial charge in [-0.05, 0) is 51.2 Å². The van der Waals surface area contributed by atoms with Crippen molar-refractivity contribution in [2.75, 3.05) is 13.2 Å². The molecule has 2 rings (SSSR count). The smallest absolute Gasteiger partial charge is 0.137 e. The quantitative estimate of drug-likeness (QED) is 0.756. The fourth-order valence-corrected chi connectivity index (χ4v) is 3.47. The molecule has 0 bridgehead atoms. The molecule has 122 valence electrons. The molecule has 0 saturated carbocycles. The van der Waals surface area contributed by atoms with Gasteiger partial charge in [-0.1, -0.05) is 24.3 Å². The Hall–Kier alpha value is -1.32. The summed E-state index contributed by atoms with van der Waals surface area (Å²) >= 11 is 0. The standard InChI is InChI=1S/C19H29NO2/c1-4-8-17-11-5-6-12-19(17)22-14-18(21)13-20-15(2)9-7-10-16(20)3/h4-6,11-12,15-16,18,21H,1,7-10,13-14H2,2-3H3/p+1/t15-,16-,18+/m1/s1. The molecule has 1 heterocycles. The Morgan fingerprint density at radius 2 is 2.00 bits per heavy atom. The highest BCUT2D eigenvalue weighted by Crippen LogP contribution is 2.18. The van der Waals surface area contributed by atoms with Crippen LogP contribution >= 0.6 is 0 Å². The molecule has 1 aromatic carbocycles. The largest absolute Gasteiger partial charge is 0.490 e. The number of likely N-dealkylation sites (tertiary alicyclic amines) is 1. The minimum Gasteiger partial charge on any atom is -0.490 e. The van der Waals surface area contributed by atoms with Gasteiger partial charge in [0.25, 0.3) is 0 Å². The number of aliphatic hydroxyl groups excluding tert-OH is 1. The zero-order valence-corrected chi connectivity index (χ0v) is 13.9. The van der Waals surface area contributed by atoms with Crippen LogP contribution in [0.2, 0.25) is 0 Å². The average molecular weight is 304 g/mol. The van der Waals surface area contributed by atoms with Crippen LogP contribution in [0.3, 0.4) is 0 Å². The molecular formula is C19H30NO2+. The van der Waals surface area contributed by atoms with E-state index in [1.807, 2.05) is 30.3 Å². The molecule has 0 unspecified atom stereocenters. The molecule has 1 aliphatic heterocycles. The molecule has 0 radical (unpaired) electrons. The van der Waals surface area contributed by atoms with Crippen LogP contribution in [0.1, 0.15) is 38.7 Å². The van der Waals surface area contributed by atoms with Crippen molar-refractivity contribution >= 4 is 0 Å². The molecule has 2 N–H and O–H groups in total. The van der Waals surface area contributed by atoms with Gasteiger partial charge >= 0.3 is 0 Å². The number of rotatable bonds is 7. The van der Waals surface area contributed by atoms with Gasteiger partial charge in [0, 0.05) is 0 Å². The van der Waals surface area contributed by atoms with E-state index in [0.717, 1.165) is 24.3 Å². The van der Waals surface area contributed by atoms with E-state index in [0.29, 0.717) is 18.7 Å². The van der Waals surface area contributed by atoms with Gasteiger partial charge < -0.3 is 14.7 Å². The third kappa shape index (κ3) is 4.59.